The van der Waals surface area contributed by atoms with Crippen LogP contribution in [0.15, 0.2) is 211 Å². The molecule has 11 rings (SSSR count). The van der Waals surface area contributed by atoms with E-state index >= 15 is 0 Å². The van der Waals surface area contributed by atoms with Gasteiger partial charge in [0.05, 0.1) is 16.7 Å². The molecule has 0 radical (unpaired) electrons. The highest BCUT2D eigenvalue weighted by atomic mass is 16.3. The van der Waals surface area contributed by atoms with Crippen molar-refractivity contribution in [1.82, 2.24) is 4.57 Å². The lowest BCUT2D eigenvalue weighted by molar-refractivity contribution is 0.669. The maximum absolute atomic E-state index is 6.57. The molecule has 55 heavy (non-hydrogen) atoms. The Kier molecular flexibility index (Phi) is 7.17. The van der Waals surface area contributed by atoms with Gasteiger partial charge in [-0.1, -0.05) is 152 Å². The molecule has 9 aromatic carbocycles. The first-order chi connectivity index (χ1) is 27.3. The van der Waals surface area contributed by atoms with E-state index in [1.165, 1.54) is 49.3 Å². The third-order valence-electron chi connectivity index (χ3n) is 11.0. The summed E-state index contributed by atoms with van der Waals surface area (Å²) in [5.41, 5.74) is 13.2. The van der Waals surface area contributed by atoms with Gasteiger partial charge in [0.15, 0.2) is 5.58 Å². The molecule has 0 aliphatic rings. The zero-order valence-electron chi connectivity index (χ0n) is 29.9. The van der Waals surface area contributed by atoms with E-state index in [9.17, 15) is 0 Å². The summed E-state index contributed by atoms with van der Waals surface area (Å²) in [6.45, 7) is 0. The number of nitrogens with zero attached hydrogens (tertiary/aromatic N) is 2. The number of aromatic nitrogens is 1. The molecule has 0 atom stereocenters. The summed E-state index contributed by atoms with van der Waals surface area (Å²) in [7, 11) is 0. The summed E-state index contributed by atoms with van der Waals surface area (Å²) in [6, 6.07) is 73.8. The van der Waals surface area contributed by atoms with Crippen LogP contribution in [-0.2, 0) is 0 Å². The van der Waals surface area contributed by atoms with Crippen LogP contribution in [0.4, 0.5) is 17.1 Å². The minimum absolute atomic E-state index is 0.869. The number of furan rings is 1. The average Bonchev–Trinajstić information content (AvgIpc) is 3.82. The Morgan fingerprint density at radius 2 is 0.927 bits per heavy atom. The molecule has 2 aromatic heterocycles. The molecule has 0 aliphatic heterocycles. The van der Waals surface area contributed by atoms with Gasteiger partial charge in [0.1, 0.15) is 5.58 Å². The quantitative estimate of drug-likeness (QED) is 0.172. The summed E-state index contributed by atoms with van der Waals surface area (Å²) < 4.78 is 8.99. The van der Waals surface area contributed by atoms with Crippen LogP contribution in [0.5, 0.6) is 0 Å². The molecule has 0 aliphatic carbocycles. The summed E-state index contributed by atoms with van der Waals surface area (Å²) >= 11 is 0. The van der Waals surface area contributed by atoms with E-state index in [-0.39, 0.29) is 0 Å². The maximum Gasteiger partial charge on any atom is 0.159 e. The molecule has 258 valence electrons. The van der Waals surface area contributed by atoms with Crippen molar-refractivity contribution in [3.8, 4) is 27.9 Å². The van der Waals surface area contributed by atoms with E-state index in [0.717, 1.165) is 50.3 Å². The lowest BCUT2D eigenvalue weighted by atomic mass is 10.0. The predicted octanol–water partition coefficient (Wildman–Crippen LogP) is 14.6. The Bertz CT molecular complexity index is 3170. The number of para-hydroxylation sites is 3. The fraction of sp³-hybridized carbons (Fsp3) is 0. The molecule has 0 amide bonds. The van der Waals surface area contributed by atoms with E-state index in [0.29, 0.717) is 0 Å². The van der Waals surface area contributed by atoms with Crippen LogP contribution < -0.4 is 4.90 Å². The van der Waals surface area contributed by atoms with Crippen LogP contribution in [0.3, 0.4) is 0 Å². The number of rotatable bonds is 6. The molecule has 0 N–H and O–H groups in total. The lowest BCUT2D eigenvalue weighted by Gasteiger charge is -2.26. The first-order valence-corrected chi connectivity index (χ1v) is 18.8. The number of anilines is 3. The molecular formula is C52H34N2O. The van der Waals surface area contributed by atoms with Gasteiger partial charge in [0.25, 0.3) is 0 Å². The highest BCUT2D eigenvalue weighted by Crippen LogP contribution is 2.43. The number of hydrogen-bond acceptors (Lipinski definition) is 2. The highest BCUT2D eigenvalue weighted by molar-refractivity contribution is 6.18. The van der Waals surface area contributed by atoms with Crippen molar-refractivity contribution in [3.63, 3.8) is 0 Å². The van der Waals surface area contributed by atoms with Crippen molar-refractivity contribution in [3.05, 3.63) is 206 Å². The van der Waals surface area contributed by atoms with E-state index in [1.54, 1.807) is 0 Å². The summed E-state index contributed by atoms with van der Waals surface area (Å²) in [5.74, 6) is 0. The van der Waals surface area contributed by atoms with E-state index in [1.807, 2.05) is 12.1 Å². The minimum atomic E-state index is 0.869. The molecular weight excluding hydrogens is 669 g/mol. The molecule has 0 bridgehead atoms. The fourth-order valence-electron chi connectivity index (χ4n) is 8.37. The lowest BCUT2D eigenvalue weighted by Crippen LogP contribution is -2.10. The molecule has 0 fully saturated rings. The van der Waals surface area contributed by atoms with Crippen molar-refractivity contribution >= 4 is 71.6 Å². The number of hydrogen-bond donors (Lipinski definition) is 0. The van der Waals surface area contributed by atoms with Gasteiger partial charge in [-0.2, -0.15) is 0 Å². The number of benzene rings is 9. The molecule has 0 unspecified atom stereocenters. The Hall–Kier alpha value is -7.36. The third kappa shape index (κ3) is 5.13. The second-order valence-corrected chi connectivity index (χ2v) is 14.1. The average molecular weight is 703 g/mol. The summed E-state index contributed by atoms with van der Waals surface area (Å²) in [5, 5.41) is 7.26. The van der Waals surface area contributed by atoms with Gasteiger partial charge >= 0.3 is 0 Å². The van der Waals surface area contributed by atoms with Crippen LogP contribution in [0.25, 0.3) is 82.5 Å². The van der Waals surface area contributed by atoms with Crippen LogP contribution in [0.1, 0.15) is 0 Å². The van der Waals surface area contributed by atoms with Crippen molar-refractivity contribution in [1.29, 1.82) is 0 Å². The van der Waals surface area contributed by atoms with E-state index in [2.05, 4.69) is 204 Å². The molecule has 2 heterocycles. The van der Waals surface area contributed by atoms with E-state index < -0.39 is 0 Å². The first kappa shape index (κ1) is 31.2. The largest absolute Gasteiger partial charge is 0.454 e. The summed E-state index contributed by atoms with van der Waals surface area (Å²) in [6.07, 6.45) is 0. The van der Waals surface area contributed by atoms with Crippen molar-refractivity contribution < 1.29 is 4.42 Å². The third-order valence-corrected chi connectivity index (χ3v) is 11.0. The van der Waals surface area contributed by atoms with E-state index in [4.69, 9.17) is 4.42 Å². The Morgan fingerprint density at radius 1 is 0.364 bits per heavy atom. The number of fused-ring (bicyclic) bond motifs is 8. The highest BCUT2D eigenvalue weighted by Gasteiger charge is 2.20. The van der Waals surface area contributed by atoms with Gasteiger partial charge in [-0.05, 0) is 82.2 Å². The molecule has 3 heteroatoms. The normalized spacial score (nSPS) is 11.6. The van der Waals surface area contributed by atoms with Gasteiger partial charge in [-0.15, -0.1) is 0 Å². The molecule has 0 saturated carbocycles. The van der Waals surface area contributed by atoms with Gasteiger partial charge in [0, 0.05) is 44.0 Å². The van der Waals surface area contributed by atoms with Crippen molar-refractivity contribution in [2.75, 3.05) is 4.90 Å². The molecule has 0 saturated heterocycles. The second kappa shape index (κ2) is 12.6. The van der Waals surface area contributed by atoms with Gasteiger partial charge in [0.2, 0.25) is 0 Å². The van der Waals surface area contributed by atoms with Crippen LogP contribution in [-0.4, -0.2) is 4.57 Å². The zero-order valence-corrected chi connectivity index (χ0v) is 29.9. The Labute approximate surface area is 318 Å². The molecule has 3 nitrogen and oxygen atoms in total. The minimum Gasteiger partial charge on any atom is -0.454 e. The second-order valence-electron chi connectivity index (χ2n) is 14.1. The van der Waals surface area contributed by atoms with Gasteiger partial charge in [-0.3, -0.25) is 0 Å². The predicted molar refractivity (Wildman–Crippen MR) is 231 cm³/mol. The van der Waals surface area contributed by atoms with Crippen molar-refractivity contribution in [2.45, 2.75) is 0 Å². The maximum atomic E-state index is 6.57. The fourth-order valence-corrected chi connectivity index (χ4v) is 8.37. The van der Waals surface area contributed by atoms with Gasteiger partial charge < -0.3 is 13.9 Å². The van der Waals surface area contributed by atoms with Crippen LogP contribution in [0.2, 0.25) is 0 Å². The smallest absolute Gasteiger partial charge is 0.159 e. The topological polar surface area (TPSA) is 21.3 Å². The zero-order chi connectivity index (χ0) is 36.3. The van der Waals surface area contributed by atoms with Gasteiger partial charge in [-0.25, -0.2) is 0 Å². The van der Waals surface area contributed by atoms with Crippen molar-refractivity contribution in [2.24, 2.45) is 0 Å². The Morgan fingerprint density at radius 3 is 1.65 bits per heavy atom. The Balaban J connectivity index is 0.997. The van der Waals surface area contributed by atoms with Crippen LogP contribution in [0, 0.1) is 0 Å². The molecule has 0 spiro atoms. The standard InChI is InChI=1S/C52H34N2O/c1-2-11-35(12-3-1)36-21-28-40(29-22-36)53(49-19-10-17-47-45-16-7-9-20-50(45)55-52(47)49)41-30-23-37(24-31-41)38-25-32-42(33-26-38)54-48-18-8-6-15-44(48)46-34-27-39-13-4-5-14-43(39)51(46)54/h1-34H. The molecule has 11 aromatic rings. The van der Waals surface area contributed by atoms with Crippen LogP contribution >= 0.6 is 0 Å². The monoisotopic (exact) mass is 702 g/mol. The summed E-state index contributed by atoms with van der Waals surface area (Å²) in [4.78, 5) is 2.30. The SMILES string of the molecule is c1ccc(-c2ccc(N(c3ccc(-c4ccc(-n5c6ccccc6c6ccc7ccccc7c65)cc4)cc3)c3cccc4c3oc3ccccc34)cc2)cc1. The first-order valence-electron chi connectivity index (χ1n) is 18.8.